The summed E-state index contributed by atoms with van der Waals surface area (Å²) in [5.74, 6) is 1.41. The van der Waals surface area contributed by atoms with E-state index < -0.39 is 0 Å². The first kappa shape index (κ1) is 15.8. The van der Waals surface area contributed by atoms with E-state index >= 15 is 0 Å². The van der Waals surface area contributed by atoms with E-state index in [0.717, 1.165) is 31.7 Å². The van der Waals surface area contributed by atoms with Crippen molar-refractivity contribution in [3.63, 3.8) is 0 Å². The molecule has 21 heavy (non-hydrogen) atoms. The summed E-state index contributed by atoms with van der Waals surface area (Å²) < 4.78 is 5.62. The van der Waals surface area contributed by atoms with Crippen molar-refractivity contribution in [2.75, 3.05) is 26.2 Å². The van der Waals surface area contributed by atoms with Crippen LogP contribution in [0.4, 0.5) is 0 Å². The number of amides is 1. The first-order valence-corrected chi connectivity index (χ1v) is 7.82. The molecule has 2 rings (SSSR count). The number of carbonyl (C=O) groups excluding carboxylic acids is 1. The van der Waals surface area contributed by atoms with Gasteiger partial charge in [-0.15, -0.1) is 0 Å². The van der Waals surface area contributed by atoms with Crippen molar-refractivity contribution in [2.45, 2.75) is 26.7 Å². The molecule has 116 valence electrons. The smallest absolute Gasteiger partial charge is 0.227 e. The summed E-state index contributed by atoms with van der Waals surface area (Å²) in [6.07, 6.45) is 1.75. The van der Waals surface area contributed by atoms with Crippen molar-refractivity contribution >= 4 is 5.91 Å². The van der Waals surface area contributed by atoms with Crippen LogP contribution in [0, 0.1) is 11.3 Å². The summed E-state index contributed by atoms with van der Waals surface area (Å²) >= 11 is 0. The third kappa shape index (κ3) is 3.97. The van der Waals surface area contributed by atoms with Gasteiger partial charge in [0.1, 0.15) is 5.75 Å². The van der Waals surface area contributed by atoms with Gasteiger partial charge in [-0.2, -0.15) is 0 Å². The van der Waals surface area contributed by atoms with Crippen molar-refractivity contribution < 1.29 is 9.53 Å². The summed E-state index contributed by atoms with van der Waals surface area (Å²) in [4.78, 5) is 12.4. The van der Waals surface area contributed by atoms with Crippen molar-refractivity contribution in [1.29, 1.82) is 0 Å². The van der Waals surface area contributed by atoms with Crippen LogP contribution in [0.25, 0.3) is 0 Å². The van der Waals surface area contributed by atoms with Crippen LogP contribution in [0.15, 0.2) is 30.3 Å². The third-order valence-electron chi connectivity index (χ3n) is 4.36. The van der Waals surface area contributed by atoms with Gasteiger partial charge in [0.15, 0.2) is 0 Å². The van der Waals surface area contributed by atoms with Crippen LogP contribution in [0.2, 0.25) is 0 Å². The maximum atomic E-state index is 12.4. The molecule has 1 saturated heterocycles. The minimum absolute atomic E-state index is 0.183. The Labute approximate surface area is 127 Å². The minimum Gasteiger partial charge on any atom is -0.494 e. The number of benzene rings is 1. The van der Waals surface area contributed by atoms with Gasteiger partial charge in [-0.05, 0) is 37.4 Å². The lowest BCUT2D eigenvalue weighted by atomic mass is 9.75. The molecular weight excluding hydrogens is 264 g/mol. The maximum Gasteiger partial charge on any atom is 0.227 e. The Bertz CT molecular complexity index is 439. The highest BCUT2D eigenvalue weighted by atomic mass is 16.5. The van der Waals surface area contributed by atoms with Crippen molar-refractivity contribution in [3.05, 3.63) is 30.3 Å². The van der Waals surface area contributed by atoms with E-state index in [1.54, 1.807) is 0 Å². The zero-order chi connectivity index (χ0) is 15.1. The van der Waals surface area contributed by atoms with Crippen molar-refractivity contribution in [1.82, 2.24) is 10.6 Å². The zero-order valence-corrected chi connectivity index (χ0v) is 13.0. The number of nitrogens with one attached hydrogen (secondary N) is 2. The van der Waals surface area contributed by atoms with Gasteiger partial charge >= 0.3 is 0 Å². The number of ether oxygens (including phenoxy) is 1. The zero-order valence-electron chi connectivity index (χ0n) is 13.0. The topological polar surface area (TPSA) is 50.4 Å². The Kier molecular flexibility index (Phi) is 5.62. The van der Waals surface area contributed by atoms with Crippen LogP contribution in [0.5, 0.6) is 5.75 Å². The van der Waals surface area contributed by atoms with Gasteiger partial charge in [0.05, 0.1) is 12.0 Å². The van der Waals surface area contributed by atoms with E-state index in [2.05, 4.69) is 24.5 Å². The fraction of sp³-hybridized carbons (Fsp3) is 0.588. The summed E-state index contributed by atoms with van der Waals surface area (Å²) in [6, 6.07) is 9.76. The molecule has 1 amide bonds. The highest BCUT2D eigenvalue weighted by Gasteiger charge is 2.43. The first-order valence-electron chi connectivity index (χ1n) is 7.82. The number of hydrogen-bond donors (Lipinski definition) is 2. The summed E-state index contributed by atoms with van der Waals surface area (Å²) in [6.45, 7) is 7.27. The van der Waals surface area contributed by atoms with Gasteiger partial charge in [0.2, 0.25) is 5.91 Å². The van der Waals surface area contributed by atoms with Gasteiger partial charge < -0.3 is 15.4 Å². The Hall–Kier alpha value is -1.55. The van der Waals surface area contributed by atoms with Crippen LogP contribution in [-0.4, -0.2) is 32.1 Å². The standard InChI is InChI=1S/C17H26N2O2/c1-14(2)17(9-11-18-13-17)16(20)19-10-6-12-21-15-7-4-3-5-8-15/h3-5,7-8,14,18H,6,9-13H2,1-2H3,(H,19,20). The molecule has 1 aromatic rings. The molecule has 4 nitrogen and oxygen atoms in total. The van der Waals surface area contributed by atoms with E-state index in [4.69, 9.17) is 4.74 Å². The Balaban J connectivity index is 1.69. The molecule has 1 aliphatic heterocycles. The Morgan fingerprint density at radius 3 is 2.76 bits per heavy atom. The maximum absolute atomic E-state index is 12.4. The van der Waals surface area contributed by atoms with E-state index in [9.17, 15) is 4.79 Å². The third-order valence-corrected chi connectivity index (χ3v) is 4.36. The average molecular weight is 290 g/mol. The molecule has 0 bridgehead atoms. The second-order valence-corrected chi connectivity index (χ2v) is 6.01. The fourth-order valence-corrected chi connectivity index (χ4v) is 2.82. The SMILES string of the molecule is CC(C)C1(C(=O)NCCCOc2ccccc2)CCNC1. The highest BCUT2D eigenvalue weighted by Crippen LogP contribution is 2.34. The largest absolute Gasteiger partial charge is 0.494 e. The molecule has 0 aliphatic carbocycles. The van der Waals surface area contributed by atoms with E-state index in [1.165, 1.54) is 0 Å². The first-order chi connectivity index (χ1) is 10.1. The molecule has 0 spiro atoms. The average Bonchev–Trinajstić information content (AvgIpc) is 2.99. The molecule has 4 heteroatoms. The van der Waals surface area contributed by atoms with E-state index in [1.807, 2.05) is 30.3 Å². The summed E-state index contributed by atoms with van der Waals surface area (Å²) in [5, 5.41) is 6.39. The second kappa shape index (κ2) is 7.46. The molecule has 1 heterocycles. The van der Waals surface area contributed by atoms with Gasteiger partial charge in [0, 0.05) is 13.1 Å². The van der Waals surface area contributed by atoms with Crippen LogP contribution in [0.1, 0.15) is 26.7 Å². The molecule has 2 N–H and O–H groups in total. The number of carbonyl (C=O) groups is 1. The summed E-state index contributed by atoms with van der Waals surface area (Å²) in [7, 11) is 0. The number of rotatable bonds is 7. The second-order valence-electron chi connectivity index (χ2n) is 6.01. The number of hydrogen-bond acceptors (Lipinski definition) is 3. The normalized spacial score (nSPS) is 21.5. The van der Waals surface area contributed by atoms with Crippen LogP contribution >= 0.6 is 0 Å². The van der Waals surface area contributed by atoms with Gasteiger partial charge in [-0.1, -0.05) is 32.0 Å². The van der Waals surface area contributed by atoms with Gasteiger partial charge in [-0.3, -0.25) is 4.79 Å². The van der Waals surface area contributed by atoms with Gasteiger partial charge in [0.25, 0.3) is 0 Å². The summed E-state index contributed by atoms with van der Waals surface area (Å²) in [5.41, 5.74) is -0.236. The minimum atomic E-state index is -0.236. The molecule has 1 atom stereocenters. The molecule has 1 aliphatic rings. The van der Waals surface area contributed by atoms with Crippen molar-refractivity contribution in [3.8, 4) is 5.75 Å². The predicted molar refractivity (Wildman–Crippen MR) is 84.3 cm³/mol. The Morgan fingerprint density at radius 1 is 1.38 bits per heavy atom. The molecule has 0 saturated carbocycles. The van der Waals surface area contributed by atoms with E-state index in [-0.39, 0.29) is 11.3 Å². The lowest BCUT2D eigenvalue weighted by Gasteiger charge is -2.31. The van der Waals surface area contributed by atoms with Crippen LogP contribution in [0.3, 0.4) is 0 Å². The number of para-hydroxylation sites is 1. The van der Waals surface area contributed by atoms with Crippen molar-refractivity contribution in [2.24, 2.45) is 11.3 Å². The monoisotopic (exact) mass is 290 g/mol. The predicted octanol–water partition coefficient (Wildman–Crippen LogP) is 2.21. The van der Waals surface area contributed by atoms with Crippen LogP contribution in [-0.2, 0) is 4.79 Å². The quantitative estimate of drug-likeness (QED) is 0.757. The van der Waals surface area contributed by atoms with E-state index in [0.29, 0.717) is 19.1 Å². The van der Waals surface area contributed by atoms with Crippen LogP contribution < -0.4 is 15.4 Å². The fourth-order valence-electron chi connectivity index (χ4n) is 2.82. The molecule has 0 radical (unpaired) electrons. The molecule has 0 aromatic heterocycles. The molecule has 1 aromatic carbocycles. The highest BCUT2D eigenvalue weighted by molar-refractivity contribution is 5.83. The molecule has 1 unspecified atom stereocenters. The molecule has 1 fully saturated rings. The lowest BCUT2D eigenvalue weighted by molar-refractivity contribution is -0.132. The lowest BCUT2D eigenvalue weighted by Crippen LogP contribution is -2.46. The Morgan fingerprint density at radius 2 is 2.14 bits per heavy atom. The van der Waals surface area contributed by atoms with Gasteiger partial charge in [-0.25, -0.2) is 0 Å². The molecular formula is C17H26N2O2.